The molecule has 0 aromatic heterocycles. The minimum atomic E-state index is -0.520. The third-order valence-corrected chi connectivity index (χ3v) is 3.74. The van der Waals surface area contributed by atoms with Gasteiger partial charge in [0.05, 0.1) is 29.4 Å². The van der Waals surface area contributed by atoms with Crippen molar-refractivity contribution in [3.8, 4) is 11.5 Å². The predicted octanol–water partition coefficient (Wildman–Crippen LogP) is 1.78. The van der Waals surface area contributed by atoms with Gasteiger partial charge in [-0.05, 0) is 18.2 Å². The second kappa shape index (κ2) is 8.23. The van der Waals surface area contributed by atoms with E-state index in [1.165, 1.54) is 18.2 Å². The number of nitro benzene ring substituents is 1. The van der Waals surface area contributed by atoms with Crippen LogP contribution in [-0.2, 0) is 4.79 Å². The standard InChI is InChI=1S/C17H18N4O6/c22-6-5-18-13-3-2-12(21(24)25)8-14(13)19-9-17(23)20-11-1-4-15-16(7-11)27-10-26-15/h1-4,7-8,18-19,22H,5-6,9-10H2,(H,20,23). The molecule has 0 atom stereocenters. The van der Waals surface area contributed by atoms with E-state index >= 15 is 0 Å². The first kappa shape index (κ1) is 18.3. The number of hydrogen-bond acceptors (Lipinski definition) is 8. The van der Waals surface area contributed by atoms with E-state index in [1.54, 1.807) is 18.2 Å². The van der Waals surface area contributed by atoms with Gasteiger partial charge >= 0.3 is 0 Å². The molecule has 1 aliphatic heterocycles. The number of benzene rings is 2. The second-order valence-electron chi connectivity index (χ2n) is 5.61. The van der Waals surface area contributed by atoms with Crippen molar-refractivity contribution in [2.24, 2.45) is 0 Å². The molecule has 1 amide bonds. The SMILES string of the molecule is O=C(CNc1cc([N+](=O)[O-])ccc1NCCO)Nc1ccc2c(c1)OCO2. The normalized spacial score (nSPS) is 11.7. The van der Waals surface area contributed by atoms with Crippen LogP contribution in [0.25, 0.3) is 0 Å². The Kier molecular flexibility index (Phi) is 5.57. The summed E-state index contributed by atoms with van der Waals surface area (Å²) in [5.41, 5.74) is 1.37. The number of aliphatic hydroxyl groups excluding tert-OH is 1. The zero-order valence-corrected chi connectivity index (χ0v) is 14.2. The van der Waals surface area contributed by atoms with Crippen molar-refractivity contribution >= 4 is 28.7 Å². The monoisotopic (exact) mass is 374 g/mol. The van der Waals surface area contributed by atoms with Crippen LogP contribution in [0.15, 0.2) is 36.4 Å². The molecule has 3 rings (SSSR count). The fraction of sp³-hybridized carbons (Fsp3) is 0.235. The average Bonchev–Trinajstić information content (AvgIpc) is 3.12. The van der Waals surface area contributed by atoms with Crippen LogP contribution in [-0.4, -0.2) is 42.4 Å². The molecule has 0 saturated carbocycles. The summed E-state index contributed by atoms with van der Waals surface area (Å²) in [6, 6.07) is 9.23. The summed E-state index contributed by atoms with van der Waals surface area (Å²) in [7, 11) is 0. The summed E-state index contributed by atoms with van der Waals surface area (Å²) in [4.78, 5) is 22.6. The minimum absolute atomic E-state index is 0.0962. The van der Waals surface area contributed by atoms with Crippen LogP contribution in [0.4, 0.5) is 22.7 Å². The van der Waals surface area contributed by atoms with Gasteiger partial charge in [-0.1, -0.05) is 0 Å². The second-order valence-corrected chi connectivity index (χ2v) is 5.61. The Morgan fingerprint density at radius 2 is 1.93 bits per heavy atom. The number of carbonyl (C=O) groups excluding carboxylic acids is 1. The van der Waals surface area contributed by atoms with E-state index in [2.05, 4.69) is 16.0 Å². The molecule has 27 heavy (non-hydrogen) atoms. The first-order valence-electron chi connectivity index (χ1n) is 8.13. The van der Waals surface area contributed by atoms with Crippen LogP contribution < -0.4 is 25.4 Å². The van der Waals surface area contributed by atoms with Crippen molar-refractivity contribution in [2.75, 3.05) is 42.4 Å². The van der Waals surface area contributed by atoms with Crippen molar-refractivity contribution in [3.63, 3.8) is 0 Å². The predicted molar refractivity (Wildman–Crippen MR) is 98.4 cm³/mol. The van der Waals surface area contributed by atoms with E-state index < -0.39 is 4.92 Å². The molecular weight excluding hydrogens is 356 g/mol. The number of aliphatic hydroxyl groups is 1. The highest BCUT2D eigenvalue weighted by Gasteiger charge is 2.15. The van der Waals surface area contributed by atoms with Crippen molar-refractivity contribution in [1.29, 1.82) is 0 Å². The number of nitro groups is 1. The number of anilines is 3. The van der Waals surface area contributed by atoms with Crippen LogP contribution in [0.1, 0.15) is 0 Å². The Hall–Kier alpha value is -3.53. The topological polar surface area (TPSA) is 135 Å². The maximum Gasteiger partial charge on any atom is 0.271 e. The van der Waals surface area contributed by atoms with E-state index in [0.717, 1.165) is 0 Å². The van der Waals surface area contributed by atoms with Crippen molar-refractivity contribution < 1.29 is 24.3 Å². The third kappa shape index (κ3) is 4.55. The smallest absolute Gasteiger partial charge is 0.271 e. The van der Waals surface area contributed by atoms with Gasteiger partial charge in [-0.25, -0.2) is 0 Å². The number of non-ortho nitro benzene ring substituents is 1. The van der Waals surface area contributed by atoms with Crippen molar-refractivity contribution in [1.82, 2.24) is 0 Å². The van der Waals surface area contributed by atoms with E-state index in [4.69, 9.17) is 14.6 Å². The van der Waals surface area contributed by atoms with Gasteiger partial charge in [0.25, 0.3) is 5.69 Å². The minimum Gasteiger partial charge on any atom is -0.454 e. The molecule has 0 fully saturated rings. The number of rotatable bonds is 8. The van der Waals surface area contributed by atoms with E-state index in [-0.39, 0.29) is 38.1 Å². The maximum atomic E-state index is 12.2. The highest BCUT2D eigenvalue weighted by molar-refractivity contribution is 5.94. The number of nitrogens with zero attached hydrogens (tertiary/aromatic N) is 1. The van der Waals surface area contributed by atoms with Crippen LogP contribution in [0.3, 0.4) is 0 Å². The molecule has 1 aliphatic rings. The Morgan fingerprint density at radius 3 is 2.70 bits per heavy atom. The first-order chi connectivity index (χ1) is 13.1. The van der Waals surface area contributed by atoms with Crippen LogP contribution >= 0.6 is 0 Å². The number of ether oxygens (including phenoxy) is 2. The Balaban J connectivity index is 1.64. The number of nitrogens with one attached hydrogen (secondary N) is 3. The summed E-state index contributed by atoms with van der Waals surface area (Å²) >= 11 is 0. The van der Waals surface area contributed by atoms with E-state index in [9.17, 15) is 14.9 Å². The fourth-order valence-electron chi connectivity index (χ4n) is 2.49. The molecule has 0 saturated heterocycles. The molecule has 2 aromatic carbocycles. The van der Waals surface area contributed by atoms with Crippen molar-refractivity contribution in [2.45, 2.75) is 0 Å². The fourth-order valence-corrected chi connectivity index (χ4v) is 2.49. The van der Waals surface area contributed by atoms with Gasteiger partial charge in [0, 0.05) is 30.4 Å². The summed E-state index contributed by atoms with van der Waals surface area (Å²) in [6.45, 7) is 0.213. The van der Waals surface area contributed by atoms with E-state index in [1.807, 2.05) is 0 Å². The van der Waals surface area contributed by atoms with Gasteiger partial charge in [0.1, 0.15) is 0 Å². The van der Waals surface area contributed by atoms with Gasteiger partial charge in [-0.2, -0.15) is 0 Å². The molecular formula is C17H18N4O6. The third-order valence-electron chi connectivity index (χ3n) is 3.74. The Bertz CT molecular complexity index is 857. The molecule has 2 aromatic rings. The molecule has 142 valence electrons. The summed E-state index contributed by atoms with van der Waals surface area (Å²) < 4.78 is 10.5. The van der Waals surface area contributed by atoms with Gasteiger partial charge in [0.15, 0.2) is 11.5 Å². The summed E-state index contributed by atoms with van der Waals surface area (Å²) in [5, 5.41) is 28.4. The number of hydrogen-bond donors (Lipinski definition) is 4. The van der Waals surface area contributed by atoms with Gasteiger partial charge in [0.2, 0.25) is 12.7 Å². The van der Waals surface area contributed by atoms with Crippen molar-refractivity contribution in [3.05, 3.63) is 46.5 Å². The zero-order valence-electron chi connectivity index (χ0n) is 14.2. The summed E-state index contributed by atoms with van der Waals surface area (Å²) in [6.07, 6.45) is 0. The molecule has 0 radical (unpaired) electrons. The number of fused-ring (bicyclic) bond motifs is 1. The lowest BCUT2D eigenvalue weighted by molar-refractivity contribution is -0.384. The lowest BCUT2D eigenvalue weighted by Gasteiger charge is -2.13. The lowest BCUT2D eigenvalue weighted by atomic mass is 10.2. The molecule has 4 N–H and O–H groups in total. The lowest BCUT2D eigenvalue weighted by Crippen LogP contribution is -2.22. The Labute approximate surface area is 154 Å². The van der Waals surface area contributed by atoms with Gasteiger partial charge in [-0.3, -0.25) is 14.9 Å². The quantitative estimate of drug-likeness (QED) is 0.406. The first-order valence-corrected chi connectivity index (χ1v) is 8.13. The van der Waals surface area contributed by atoms with Crippen LogP contribution in [0.5, 0.6) is 11.5 Å². The number of amides is 1. The average molecular weight is 374 g/mol. The Morgan fingerprint density at radius 1 is 1.11 bits per heavy atom. The highest BCUT2D eigenvalue weighted by atomic mass is 16.7. The highest BCUT2D eigenvalue weighted by Crippen LogP contribution is 2.34. The van der Waals surface area contributed by atoms with Gasteiger partial charge < -0.3 is 30.5 Å². The van der Waals surface area contributed by atoms with E-state index in [0.29, 0.717) is 28.6 Å². The molecule has 0 aliphatic carbocycles. The molecule has 0 bridgehead atoms. The molecule has 0 spiro atoms. The zero-order chi connectivity index (χ0) is 19.2. The molecule has 10 heteroatoms. The van der Waals surface area contributed by atoms with Crippen LogP contribution in [0, 0.1) is 10.1 Å². The molecule has 10 nitrogen and oxygen atoms in total. The maximum absolute atomic E-state index is 12.2. The molecule has 0 unspecified atom stereocenters. The summed E-state index contributed by atoms with van der Waals surface area (Å²) in [5.74, 6) is 0.825. The van der Waals surface area contributed by atoms with Crippen LogP contribution in [0.2, 0.25) is 0 Å². The number of carbonyl (C=O) groups is 1. The molecule has 1 heterocycles. The largest absolute Gasteiger partial charge is 0.454 e. The van der Waals surface area contributed by atoms with Gasteiger partial charge in [-0.15, -0.1) is 0 Å².